The zero-order chi connectivity index (χ0) is 20.4. The fraction of sp³-hybridized carbons (Fsp3) is 0.391. The van der Waals surface area contributed by atoms with E-state index in [1.54, 1.807) is 24.3 Å². The van der Waals surface area contributed by atoms with Crippen LogP contribution in [-0.2, 0) is 0 Å². The molecule has 0 aromatic heterocycles. The maximum atomic E-state index is 12.5. The Balaban J connectivity index is 1.30. The Morgan fingerprint density at radius 3 is 2.17 bits per heavy atom. The minimum absolute atomic E-state index is 0.121. The molecule has 6 heteroatoms. The largest absolute Gasteiger partial charge is 0.393 e. The van der Waals surface area contributed by atoms with Crippen LogP contribution >= 0.6 is 0 Å². The number of piperidine rings is 1. The van der Waals surface area contributed by atoms with Gasteiger partial charge in [0.15, 0.2) is 0 Å². The van der Waals surface area contributed by atoms with Gasteiger partial charge in [-0.3, -0.25) is 14.5 Å². The van der Waals surface area contributed by atoms with Gasteiger partial charge in [0.1, 0.15) is 0 Å². The van der Waals surface area contributed by atoms with Gasteiger partial charge in [-0.1, -0.05) is 12.1 Å². The zero-order valence-electron chi connectivity index (χ0n) is 16.7. The monoisotopic (exact) mass is 393 g/mol. The Morgan fingerprint density at radius 2 is 1.59 bits per heavy atom. The molecule has 1 atom stereocenters. The lowest BCUT2D eigenvalue weighted by molar-refractivity contribution is 0.0651. The van der Waals surface area contributed by atoms with Gasteiger partial charge in [-0.05, 0) is 62.6 Å². The maximum Gasteiger partial charge on any atom is 0.261 e. The molecule has 152 valence electrons. The Morgan fingerprint density at radius 1 is 1.00 bits per heavy atom. The summed E-state index contributed by atoms with van der Waals surface area (Å²) >= 11 is 0. The maximum absolute atomic E-state index is 12.5. The fourth-order valence-corrected chi connectivity index (χ4v) is 4.01. The number of aliphatic hydroxyl groups is 1. The van der Waals surface area contributed by atoms with Crippen LogP contribution in [0, 0.1) is 0 Å². The highest BCUT2D eigenvalue weighted by molar-refractivity contribution is 6.21. The van der Waals surface area contributed by atoms with Crippen LogP contribution in [0.25, 0.3) is 0 Å². The Kier molecular flexibility index (Phi) is 5.53. The predicted octanol–water partition coefficient (Wildman–Crippen LogP) is 3.13. The van der Waals surface area contributed by atoms with Gasteiger partial charge in [0.25, 0.3) is 11.8 Å². The quantitative estimate of drug-likeness (QED) is 0.738. The molecule has 2 amide bonds. The number of amides is 2. The third-order valence-electron chi connectivity index (χ3n) is 5.77. The fourth-order valence-electron chi connectivity index (χ4n) is 4.01. The van der Waals surface area contributed by atoms with Gasteiger partial charge in [-0.25, -0.2) is 0 Å². The first-order chi connectivity index (χ1) is 14.0. The summed E-state index contributed by atoms with van der Waals surface area (Å²) in [7, 11) is 0. The number of anilines is 2. The number of aliphatic hydroxyl groups excluding tert-OH is 1. The second-order valence-electron chi connectivity index (χ2n) is 7.91. The lowest BCUT2D eigenvalue weighted by Gasteiger charge is -2.31. The number of nitrogens with zero attached hydrogens (tertiary/aromatic N) is 2. The molecule has 6 nitrogen and oxygen atoms in total. The topological polar surface area (TPSA) is 72.9 Å². The molecule has 0 saturated carbocycles. The van der Waals surface area contributed by atoms with Crippen molar-refractivity contribution in [2.75, 3.05) is 29.9 Å². The molecule has 0 bridgehead atoms. The molecule has 2 aromatic rings. The van der Waals surface area contributed by atoms with Crippen molar-refractivity contribution in [2.45, 2.75) is 38.3 Å². The lowest BCUT2D eigenvalue weighted by Crippen LogP contribution is -2.35. The molecule has 1 fully saturated rings. The van der Waals surface area contributed by atoms with E-state index in [9.17, 15) is 14.7 Å². The minimum Gasteiger partial charge on any atom is -0.393 e. The standard InChI is InChI=1S/C23H27N3O3/c1-16(10-15-26-22(28)20-4-2-3-5-21(20)23(26)29)24-17-6-8-18(9-7-17)25-13-11-19(27)12-14-25/h2-9,16,19,24,27H,10-15H2,1H3/t16-/m0/s1. The molecule has 2 aliphatic heterocycles. The lowest BCUT2D eigenvalue weighted by atomic mass is 10.1. The number of carbonyl (C=O) groups is 2. The van der Waals surface area contributed by atoms with Crippen LogP contribution in [0.3, 0.4) is 0 Å². The number of carbonyl (C=O) groups excluding carboxylic acids is 2. The zero-order valence-corrected chi connectivity index (χ0v) is 16.7. The summed E-state index contributed by atoms with van der Waals surface area (Å²) in [6.07, 6.45) is 2.14. The summed E-state index contributed by atoms with van der Waals surface area (Å²) in [5, 5.41) is 13.1. The van der Waals surface area contributed by atoms with Crippen LogP contribution in [0.2, 0.25) is 0 Å². The second kappa shape index (κ2) is 8.25. The van der Waals surface area contributed by atoms with E-state index < -0.39 is 0 Å². The molecular formula is C23H27N3O3. The van der Waals surface area contributed by atoms with Gasteiger partial charge in [0, 0.05) is 37.1 Å². The van der Waals surface area contributed by atoms with Gasteiger partial charge < -0.3 is 15.3 Å². The van der Waals surface area contributed by atoms with Crippen molar-refractivity contribution < 1.29 is 14.7 Å². The third-order valence-corrected chi connectivity index (χ3v) is 5.77. The average Bonchev–Trinajstić information content (AvgIpc) is 2.98. The van der Waals surface area contributed by atoms with Crippen LogP contribution in [0.1, 0.15) is 46.9 Å². The van der Waals surface area contributed by atoms with Crippen molar-refractivity contribution >= 4 is 23.2 Å². The van der Waals surface area contributed by atoms with Gasteiger partial charge in [-0.2, -0.15) is 0 Å². The minimum atomic E-state index is -0.200. The third kappa shape index (κ3) is 4.12. The summed E-state index contributed by atoms with van der Waals surface area (Å²) in [6.45, 7) is 4.21. The van der Waals surface area contributed by atoms with Gasteiger partial charge in [0.05, 0.1) is 17.2 Å². The molecule has 29 heavy (non-hydrogen) atoms. The van der Waals surface area contributed by atoms with Crippen molar-refractivity contribution in [2.24, 2.45) is 0 Å². The van der Waals surface area contributed by atoms with E-state index in [1.807, 2.05) is 0 Å². The number of hydrogen-bond acceptors (Lipinski definition) is 5. The summed E-state index contributed by atoms with van der Waals surface area (Å²) < 4.78 is 0. The normalized spacial score (nSPS) is 18.1. The van der Waals surface area contributed by atoms with E-state index in [4.69, 9.17) is 0 Å². The van der Waals surface area contributed by atoms with Gasteiger partial charge in [-0.15, -0.1) is 0 Å². The van der Waals surface area contributed by atoms with Crippen LogP contribution in [0.15, 0.2) is 48.5 Å². The molecular weight excluding hydrogens is 366 g/mol. The van der Waals surface area contributed by atoms with E-state index in [-0.39, 0.29) is 24.0 Å². The van der Waals surface area contributed by atoms with Crippen LogP contribution in [0.4, 0.5) is 11.4 Å². The molecule has 0 aliphatic carbocycles. The first-order valence-corrected chi connectivity index (χ1v) is 10.3. The molecule has 2 heterocycles. The smallest absolute Gasteiger partial charge is 0.261 e. The predicted molar refractivity (Wildman–Crippen MR) is 113 cm³/mol. The van der Waals surface area contributed by atoms with E-state index in [2.05, 4.69) is 41.4 Å². The van der Waals surface area contributed by atoms with Crippen molar-refractivity contribution in [1.29, 1.82) is 0 Å². The summed E-state index contributed by atoms with van der Waals surface area (Å²) in [5.74, 6) is -0.400. The first kappa shape index (κ1) is 19.5. The second-order valence-corrected chi connectivity index (χ2v) is 7.91. The molecule has 2 N–H and O–H groups in total. The van der Waals surface area contributed by atoms with E-state index >= 15 is 0 Å². The SMILES string of the molecule is C[C@@H](CCN1C(=O)c2ccccc2C1=O)Nc1ccc(N2CCC(O)CC2)cc1. The molecule has 1 saturated heterocycles. The molecule has 2 aromatic carbocycles. The summed E-state index contributed by atoms with van der Waals surface area (Å²) in [5.41, 5.74) is 3.18. The number of rotatable bonds is 6. The highest BCUT2D eigenvalue weighted by atomic mass is 16.3. The van der Waals surface area contributed by atoms with Crippen molar-refractivity contribution in [1.82, 2.24) is 4.90 Å². The van der Waals surface area contributed by atoms with E-state index in [1.165, 1.54) is 10.6 Å². The molecule has 0 spiro atoms. The average molecular weight is 393 g/mol. The van der Waals surface area contributed by atoms with Crippen molar-refractivity contribution in [3.8, 4) is 0 Å². The summed E-state index contributed by atoms with van der Waals surface area (Å²) in [6, 6.07) is 15.4. The number of imide groups is 1. The number of fused-ring (bicyclic) bond motifs is 1. The molecule has 0 unspecified atom stereocenters. The Hall–Kier alpha value is -2.86. The number of hydrogen-bond donors (Lipinski definition) is 2. The van der Waals surface area contributed by atoms with Gasteiger partial charge >= 0.3 is 0 Å². The van der Waals surface area contributed by atoms with E-state index in [0.717, 1.165) is 31.6 Å². The highest BCUT2D eigenvalue weighted by Gasteiger charge is 2.34. The van der Waals surface area contributed by atoms with E-state index in [0.29, 0.717) is 24.1 Å². The van der Waals surface area contributed by atoms with Crippen LogP contribution < -0.4 is 10.2 Å². The molecule has 2 aliphatic rings. The summed E-state index contributed by atoms with van der Waals surface area (Å²) in [4.78, 5) is 28.5. The Labute approximate surface area is 171 Å². The van der Waals surface area contributed by atoms with Gasteiger partial charge in [0.2, 0.25) is 0 Å². The van der Waals surface area contributed by atoms with Crippen LogP contribution in [0.5, 0.6) is 0 Å². The molecule has 0 radical (unpaired) electrons. The number of benzene rings is 2. The number of nitrogens with one attached hydrogen (secondary N) is 1. The molecule has 4 rings (SSSR count). The van der Waals surface area contributed by atoms with Crippen molar-refractivity contribution in [3.63, 3.8) is 0 Å². The van der Waals surface area contributed by atoms with Crippen molar-refractivity contribution in [3.05, 3.63) is 59.7 Å². The highest BCUT2D eigenvalue weighted by Crippen LogP contribution is 2.24. The van der Waals surface area contributed by atoms with Crippen LogP contribution in [-0.4, -0.2) is 53.6 Å². The first-order valence-electron chi connectivity index (χ1n) is 10.3. The Bertz CT molecular complexity index is 853.